The molecule has 0 radical (unpaired) electrons. The van der Waals surface area contributed by atoms with Gasteiger partial charge in [0.1, 0.15) is 0 Å². The van der Waals surface area contributed by atoms with E-state index < -0.39 is 0 Å². The monoisotopic (exact) mass is 1910 g/mol. The van der Waals surface area contributed by atoms with Gasteiger partial charge in [-0.25, -0.2) is 0 Å². The van der Waals surface area contributed by atoms with Crippen molar-refractivity contribution in [2.45, 2.75) is 0 Å². The Morgan fingerprint density at radius 3 is 0.573 bits per heavy atom. The number of nitrogens with zero attached hydrogens (tertiary/aromatic N) is 6. The summed E-state index contributed by atoms with van der Waals surface area (Å²) in [6.45, 7) is 0. The molecule has 0 aliphatic heterocycles. The lowest BCUT2D eigenvalue weighted by molar-refractivity contribution is 1.18. The summed E-state index contributed by atoms with van der Waals surface area (Å²) in [5, 5.41) is 22.6. The largest absolute Gasteiger partial charge is 0.309 e. The van der Waals surface area contributed by atoms with Crippen LogP contribution < -0.4 is 0 Å². The van der Waals surface area contributed by atoms with Crippen LogP contribution in [0.2, 0.25) is 0 Å². The standard InChI is InChI=1S/C52H34N2.2C46H30N2/c1-3-12-35(13-4-1)37-22-27-42(28-23-37)53-49-20-10-9-19-44(49)45-33-40(25-29-50(45)53)41-26-31-52-47(34-41)46-32-39(36-14-5-2-6-15-36)24-30-51(46)54(52)48-21-11-17-38-16-7-8-18-43(38)48;1-2-11-31(12-3-1)32-21-25-36(26-22-32)47-43-18-8-6-16-38(43)40-29-34(23-27-45(40)47)35-24-28-46-41(30-35)39-17-7-9-19-44(39)48(46)42-20-10-14-33-13-4-5-15-37(33)42;1-2-10-31(11-3-1)33-18-23-37(24-19-33)47-43-16-8-6-14-39(43)41-29-35(21-26-45(41)47)36-22-27-46-42(30-36)40-15-7-9-17-44(40)48(46)38-25-20-32-12-4-5-13-34(32)28-38/h1-34H;2*1-30H. The van der Waals surface area contributed by atoms with Crippen LogP contribution in [0, 0.1) is 0 Å². The second-order valence-corrected chi connectivity index (χ2v) is 39.4. The molecule has 150 heavy (non-hydrogen) atoms. The van der Waals surface area contributed by atoms with Gasteiger partial charge in [-0.15, -0.1) is 0 Å². The minimum Gasteiger partial charge on any atom is -0.309 e. The Labute approximate surface area is 866 Å². The zero-order valence-corrected chi connectivity index (χ0v) is 82.0. The number of benzene rings is 25. The van der Waals surface area contributed by atoms with Crippen LogP contribution in [0.3, 0.4) is 0 Å². The van der Waals surface area contributed by atoms with E-state index >= 15 is 0 Å². The first kappa shape index (κ1) is 86.7. The highest BCUT2D eigenvalue weighted by molar-refractivity contribution is 6.19. The fraction of sp³-hybridized carbons (Fsp3) is 0. The van der Waals surface area contributed by atoms with E-state index in [9.17, 15) is 0 Å². The number of aromatic nitrogens is 6. The number of hydrogen-bond donors (Lipinski definition) is 0. The van der Waals surface area contributed by atoms with Crippen LogP contribution in [0.25, 0.3) is 275 Å². The third-order valence-corrected chi connectivity index (χ3v) is 30.9. The van der Waals surface area contributed by atoms with Crippen molar-refractivity contribution in [3.05, 3.63) is 570 Å². The van der Waals surface area contributed by atoms with Crippen LogP contribution in [-0.4, -0.2) is 27.4 Å². The van der Waals surface area contributed by atoms with E-state index in [0.717, 1.165) is 17.1 Å². The van der Waals surface area contributed by atoms with E-state index in [4.69, 9.17) is 0 Å². The molecule has 0 unspecified atom stereocenters. The highest BCUT2D eigenvalue weighted by Crippen LogP contribution is 2.47. The van der Waals surface area contributed by atoms with Crippen molar-refractivity contribution in [3.63, 3.8) is 0 Å². The van der Waals surface area contributed by atoms with Gasteiger partial charge in [0, 0.05) is 98.2 Å². The third-order valence-electron chi connectivity index (χ3n) is 30.9. The maximum atomic E-state index is 2.45. The van der Waals surface area contributed by atoms with Gasteiger partial charge in [0.05, 0.1) is 77.6 Å². The summed E-state index contributed by atoms with van der Waals surface area (Å²) in [5.41, 5.74) is 38.7. The molecule has 0 saturated carbocycles. The smallest absolute Gasteiger partial charge is 0.0541 e. The number of para-hydroxylation sites is 5. The Morgan fingerprint density at radius 1 is 0.0867 bits per heavy atom. The molecule has 6 nitrogen and oxygen atoms in total. The van der Waals surface area contributed by atoms with Crippen molar-refractivity contribution in [2.24, 2.45) is 0 Å². The molecule has 0 atom stereocenters. The Balaban J connectivity index is 0.000000106. The van der Waals surface area contributed by atoms with E-state index in [1.165, 1.54) is 258 Å². The maximum absolute atomic E-state index is 2.45. The molecule has 31 aromatic rings. The molecule has 0 bridgehead atoms. The van der Waals surface area contributed by atoms with Gasteiger partial charge in [0.25, 0.3) is 0 Å². The maximum Gasteiger partial charge on any atom is 0.0541 e. The highest BCUT2D eigenvalue weighted by atomic mass is 15.0. The number of hydrogen-bond acceptors (Lipinski definition) is 0. The van der Waals surface area contributed by atoms with Crippen molar-refractivity contribution >= 4 is 163 Å². The normalized spacial score (nSPS) is 11.7. The van der Waals surface area contributed by atoms with Gasteiger partial charge in [0.2, 0.25) is 0 Å². The van der Waals surface area contributed by atoms with Gasteiger partial charge in [-0.1, -0.05) is 394 Å². The summed E-state index contributed by atoms with van der Waals surface area (Å²) >= 11 is 0. The van der Waals surface area contributed by atoms with Crippen molar-refractivity contribution < 1.29 is 0 Å². The Morgan fingerprint density at radius 2 is 0.273 bits per heavy atom. The highest BCUT2D eigenvalue weighted by Gasteiger charge is 2.25. The van der Waals surface area contributed by atoms with Gasteiger partial charge < -0.3 is 27.4 Å². The second kappa shape index (κ2) is 36.1. The zero-order chi connectivity index (χ0) is 98.8. The molecular formula is C144H94N6. The van der Waals surface area contributed by atoms with Crippen molar-refractivity contribution in [1.82, 2.24) is 27.4 Å². The molecule has 0 spiro atoms. The lowest BCUT2D eigenvalue weighted by Gasteiger charge is -2.12. The Bertz CT molecular complexity index is 10700. The minimum absolute atomic E-state index is 1.16. The van der Waals surface area contributed by atoms with E-state index in [1.54, 1.807) is 0 Å². The van der Waals surface area contributed by atoms with Gasteiger partial charge in [0.15, 0.2) is 0 Å². The summed E-state index contributed by atoms with van der Waals surface area (Å²) in [5.74, 6) is 0. The summed E-state index contributed by atoms with van der Waals surface area (Å²) in [7, 11) is 0. The SMILES string of the molecule is c1ccc(-c2ccc(-n3c4ccccc4c4cc(-c5ccc6c(c5)c5cc(-c7ccccc7)ccc5n6-c5cccc6ccccc56)ccc43)cc2)cc1.c1ccc(-c2ccc(-n3c4ccccc4c4cc(-c5ccc6c(c5)c5ccccc5n6-c5ccc6ccccc6c5)ccc43)cc2)cc1.c1ccc(-c2ccc(-n3c4ccccc4c4cc(-c5ccc6c(c5)c5ccccc5n6-c5cccc6ccccc56)ccc43)cc2)cc1. The lowest BCUT2D eigenvalue weighted by Crippen LogP contribution is -1.95. The van der Waals surface area contributed by atoms with E-state index in [1.807, 2.05) is 0 Å². The summed E-state index contributed by atoms with van der Waals surface area (Å²) in [4.78, 5) is 0. The molecular weight excluding hydrogens is 1810 g/mol. The molecule has 25 aromatic carbocycles. The van der Waals surface area contributed by atoms with Gasteiger partial charge in [-0.3, -0.25) is 0 Å². The molecule has 700 valence electrons. The zero-order valence-electron chi connectivity index (χ0n) is 82.0. The first-order valence-electron chi connectivity index (χ1n) is 51.6. The van der Waals surface area contributed by atoms with Crippen LogP contribution in [-0.2, 0) is 0 Å². The van der Waals surface area contributed by atoms with E-state index in [2.05, 4.69) is 598 Å². The first-order chi connectivity index (χ1) is 74.4. The van der Waals surface area contributed by atoms with E-state index in [-0.39, 0.29) is 0 Å². The van der Waals surface area contributed by atoms with Gasteiger partial charge >= 0.3 is 0 Å². The molecule has 0 saturated heterocycles. The molecule has 0 N–H and O–H groups in total. The van der Waals surface area contributed by atoms with Gasteiger partial charge in [-0.05, 0) is 275 Å². The molecule has 0 amide bonds. The van der Waals surface area contributed by atoms with Crippen LogP contribution >= 0.6 is 0 Å². The van der Waals surface area contributed by atoms with Crippen LogP contribution in [0.4, 0.5) is 0 Å². The quantitative estimate of drug-likeness (QED) is 0.110. The number of fused-ring (bicyclic) bond motifs is 21. The average molecular weight is 1910 g/mol. The van der Waals surface area contributed by atoms with Gasteiger partial charge in [-0.2, -0.15) is 0 Å². The van der Waals surface area contributed by atoms with Crippen molar-refractivity contribution in [1.29, 1.82) is 0 Å². The summed E-state index contributed by atoms with van der Waals surface area (Å²) in [6.07, 6.45) is 0. The third kappa shape index (κ3) is 14.8. The van der Waals surface area contributed by atoms with Crippen LogP contribution in [0.15, 0.2) is 570 Å². The van der Waals surface area contributed by atoms with Crippen molar-refractivity contribution in [2.75, 3.05) is 0 Å². The summed E-state index contributed by atoms with van der Waals surface area (Å²) < 4.78 is 14.5. The Hall–Kier alpha value is -19.9. The predicted octanol–water partition coefficient (Wildman–Crippen LogP) is 38.8. The molecule has 6 heterocycles. The van der Waals surface area contributed by atoms with Crippen LogP contribution in [0.1, 0.15) is 0 Å². The lowest BCUT2D eigenvalue weighted by atomic mass is 9.99. The number of rotatable bonds is 13. The average Bonchev–Trinajstić information content (AvgIpc) is 1.58. The topological polar surface area (TPSA) is 29.6 Å². The molecule has 6 aromatic heterocycles. The van der Waals surface area contributed by atoms with Crippen LogP contribution in [0.5, 0.6) is 0 Å². The molecule has 31 rings (SSSR count). The predicted molar refractivity (Wildman–Crippen MR) is 636 cm³/mol. The fourth-order valence-electron chi connectivity index (χ4n) is 23.8. The fourth-order valence-corrected chi connectivity index (χ4v) is 23.8. The molecule has 0 aliphatic carbocycles. The Kier molecular flexibility index (Phi) is 20.9. The first-order valence-corrected chi connectivity index (χ1v) is 51.6. The minimum atomic E-state index is 1.16. The van der Waals surface area contributed by atoms with E-state index in [0.29, 0.717) is 0 Å². The second-order valence-electron chi connectivity index (χ2n) is 39.4. The molecule has 6 heteroatoms. The van der Waals surface area contributed by atoms with Crippen molar-refractivity contribution in [3.8, 4) is 112 Å². The molecule has 0 fully saturated rings. The summed E-state index contributed by atoms with van der Waals surface area (Å²) in [6, 6.07) is 208. The molecule has 0 aliphatic rings.